The number of aliphatic hydroxyl groups is 1. The number of halogens is 2. The molecule has 8 aromatic carbocycles. The molecule has 28 nitrogen and oxygen atoms in total. The number of hydrogen-bond acceptors (Lipinski definition) is 21. The monoisotopic (exact) mass is 1440 g/mol. The zero-order chi connectivity index (χ0) is 72.5. The fourth-order valence-corrected chi connectivity index (χ4v) is 13.2. The summed E-state index contributed by atoms with van der Waals surface area (Å²) in [5.41, 5.74) is -1.06. The summed E-state index contributed by atoms with van der Waals surface area (Å²) in [7, 11) is 0.978. The fourth-order valence-electron chi connectivity index (χ4n) is 12.8. The maximum atomic E-state index is 16.2. The number of rotatable bonds is 8. The van der Waals surface area contributed by atoms with Crippen LogP contribution >= 0.6 is 23.2 Å². The molecular formula is C73H64Cl2N8O20. The third-order valence-corrected chi connectivity index (χ3v) is 18.5. The summed E-state index contributed by atoms with van der Waals surface area (Å²) >= 11 is 14.3. The second-order valence-electron chi connectivity index (χ2n) is 24.8. The number of carbonyl (C=O) groups excluding carboxylic acids is 8. The van der Waals surface area contributed by atoms with Gasteiger partial charge in [0.25, 0.3) is 0 Å². The molecule has 0 saturated carbocycles. The van der Waals surface area contributed by atoms with Gasteiger partial charge in [-0.25, -0.2) is 9.59 Å². The minimum absolute atomic E-state index is 0.00159. The average molecular weight is 1440 g/mol. The highest BCUT2D eigenvalue weighted by molar-refractivity contribution is 6.32. The Labute approximate surface area is 595 Å². The summed E-state index contributed by atoms with van der Waals surface area (Å²) in [4.78, 5) is 123. The first kappa shape index (κ1) is 69.5. The molecule has 0 spiro atoms. The lowest BCUT2D eigenvalue weighted by Crippen LogP contribution is -2.55. The molecule has 8 aromatic rings. The Morgan fingerprint density at radius 2 is 1.18 bits per heavy atom. The molecule has 7 aliphatic rings. The molecule has 15 rings (SSSR count). The van der Waals surface area contributed by atoms with Crippen molar-refractivity contribution in [1.82, 2.24) is 42.1 Å². The van der Waals surface area contributed by atoms with Gasteiger partial charge in [-0.15, -0.1) is 0 Å². The van der Waals surface area contributed by atoms with Crippen LogP contribution in [0.15, 0.2) is 146 Å². The smallest absolute Gasteiger partial charge is 0.408 e. The van der Waals surface area contributed by atoms with Gasteiger partial charge < -0.3 is 96.3 Å². The van der Waals surface area contributed by atoms with Gasteiger partial charge in [0.1, 0.15) is 95.8 Å². The molecule has 0 radical (unpaired) electrons. The van der Waals surface area contributed by atoms with Crippen LogP contribution in [-0.2, 0) is 56.1 Å². The van der Waals surface area contributed by atoms with Gasteiger partial charge in [-0.05, 0) is 144 Å². The standard InChI is InChI=1S/C73H64Cl2N8O20/c1-98-72(96)62-45-31-42(85)32-51(88)57(45)44-25-36(10-13-49(44)86)58-68(92)81-63(71(95)80-62)64(89)38-12-16-53(47(75)26-38)103-56-29-40-28-55(65(56)99-20-19-83-17-5-6-18-83)102-52-15-9-35(21-46(52)74)22-48-66(90)77-60(69(93)79-61(40)70(94)78-58)39-23-41(84)30-43(24-39)101-54-27-37(11-14-50(54)87)59(67(91)76-48)82-73(97)100-33-34-7-3-2-4-8-34/h2-4,7-16,21,23-32,48,58-64,84-89H,5-6,17-20,22,33H2,1H3,(H,76,91)(H,77,90)(H,78,94)(H,79,93)(H,80,95)(H,81,92)(H,82,97)/t48-,58-,59+,60+,61-,62+,63+,64-/m1/s1. The first-order valence-corrected chi connectivity index (χ1v) is 33.0. The van der Waals surface area contributed by atoms with Crippen LogP contribution < -0.4 is 56.2 Å². The Balaban J connectivity index is 1.01. The first-order chi connectivity index (χ1) is 49.5. The van der Waals surface area contributed by atoms with Gasteiger partial charge in [0.2, 0.25) is 41.2 Å². The van der Waals surface area contributed by atoms with Crippen molar-refractivity contribution in [1.29, 1.82) is 0 Å². The number of nitrogens with one attached hydrogen (secondary N) is 7. The largest absolute Gasteiger partial charge is 0.508 e. The second-order valence-corrected chi connectivity index (χ2v) is 25.6. The predicted molar refractivity (Wildman–Crippen MR) is 364 cm³/mol. The van der Waals surface area contributed by atoms with Crippen molar-refractivity contribution >= 4 is 70.7 Å². The number of ether oxygens (including phenoxy) is 6. The quantitative estimate of drug-likeness (QED) is 0.0645. The third-order valence-electron chi connectivity index (χ3n) is 17.9. The van der Waals surface area contributed by atoms with Gasteiger partial charge in [-0.1, -0.05) is 77.8 Å². The molecule has 8 atom stereocenters. The van der Waals surface area contributed by atoms with E-state index in [1.807, 2.05) is 0 Å². The first-order valence-electron chi connectivity index (χ1n) is 32.3. The Kier molecular flexibility index (Phi) is 19.8. The van der Waals surface area contributed by atoms with Crippen molar-refractivity contribution in [2.45, 2.75) is 74.3 Å². The summed E-state index contributed by atoms with van der Waals surface area (Å²) in [6.45, 7) is 1.69. The lowest BCUT2D eigenvalue weighted by atomic mass is 9.89. The number of methoxy groups -OCH3 is 1. The number of phenols is 5. The Morgan fingerprint density at radius 3 is 1.88 bits per heavy atom. The summed E-state index contributed by atoms with van der Waals surface area (Å²) in [6.07, 6.45) is -1.72. The fraction of sp³-hybridized carbons (Fsp3) is 0.233. The molecule has 7 amide bonds. The van der Waals surface area contributed by atoms with Crippen molar-refractivity contribution < 1.29 is 97.4 Å². The van der Waals surface area contributed by atoms with E-state index in [1.165, 1.54) is 72.8 Å². The maximum absolute atomic E-state index is 16.2. The van der Waals surface area contributed by atoms with Crippen LogP contribution in [0.5, 0.6) is 69.0 Å². The molecule has 30 heteroatoms. The molecule has 7 aliphatic heterocycles. The number of likely N-dealkylation sites (tertiary alicyclic amines) is 1. The second kappa shape index (κ2) is 29.3. The summed E-state index contributed by atoms with van der Waals surface area (Å²) < 4.78 is 36.8. The Morgan fingerprint density at radius 1 is 0.563 bits per heavy atom. The predicted octanol–water partition coefficient (Wildman–Crippen LogP) is 7.81. The van der Waals surface area contributed by atoms with Crippen molar-refractivity contribution in [3.63, 3.8) is 0 Å². The molecule has 7 heterocycles. The number of phenolic OH excluding ortho intramolecular Hbond substituents is 5. The lowest BCUT2D eigenvalue weighted by Gasteiger charge is -2.31. The molecule has 530 valence electrons. The van der Waals surface area contributed by atoms with E-state index >= 15 is 28.8 Å². The molecule has 17 bridgehead atoms. The van der Waals surface area contributed by atoms with Gasteiger partial charge in [0, 0.05) is 41.8 Å². The van der Waals surface area contributed by atoms with E-state index < -0.39 is 137 Å². The zero-order valence-electron chi connectivity index (χ0n) is 54.2. The van der Waals surface area contributed by atoms with E-state index in [2.05, 4.69) is 42.1 Å². The Hall–Kier alpha value is -12.0. The minimum atomic E-state index is -2.15. The Bertz CT molecular complexity index is 4750. The molecule has 0 aromatic heterocycles. The number of carbonyl (C=O) groups is 8. The minimum Gasteiger partial charge on any atom is -0.508 e. The normalized spacial score (nSPS) is 21.0. The molecule has 1 fully saturated rings. The summed E-state index contributed by atoms with van der Waals surface area (Å²) in [6, 6.07) is 18.0. The molecule has 13 N–H and O–H groups in total. The summed E-state index contributed by atoms with van der Waals surface area (Å²) in [5.74, 6) is -12.9. The number of nitrogens with zero attached hydrogens (tertiary/aromatic N) is 1. The maximum Gasteiger partial charge on any atom is 0.408 e. The van der Waals surface area contributed by atoms with Gasteiger partial charge in [0.05, 0.1) is 17.2 Å². The van der Waals surface area contributed by atoms with E-state index in [9.17, 15) is 40.2 Å². The highest BCUT2D eigenvalue weighted by Gasteiger charge is 2.42. The van der Waals surface area contributed by atoms with Crippen LogP contribution in [0.3, 0.4) is 0 Å². The zero-order valence-corrected chi connectivity index (χ0v) is 55.7. The SMILES string of the molecule is COC(=O)[C@H]1NC(=O)[C@H]2NC(=O)[C@H](NC(=O)[C@@H]3NC(=O)[C@H]4NC(=O)[C@@H](Cc5ccc(c(Cl)c5)Oc5cc3cc(c5OCCN3CCCC3)Oc3ccc(cc3Cl)[C@H]2O)NC(=O)[C@@H](NC(=O)OCc2ccccc2)c2ccc(O)c(c2)Oc2cc(O)cc4c2)c2ccc(O)c(c2)-c2c(O)cc(O)cc21. The van der Waals surface area contributed by atoms with E-state index in [0.29, 0.717) is 17.7 Å². The highest BCUT2D eigenvalue weighted by Crippen LogP contribution is 2.49. The highest BCUT2D eigenvalue weighted by atomic mass is 35.5. The van der Waals surface area contributed by atoms with Gasteiger partial charge in [0.15, 0.2) is 29.0 Å². The van der Waals surface area contributed by atoms with Gasteiger partial charge in [-0.2, -0.15) is 0 Å². The lowest BCUT2D eigenvalue weighted by molar-refractivity contribution is -0.146. The van der Waals surface area contributed by atoms with Crippen LogP contribution in [0.1, 0.15) is 93.7 Å². The van der Waals surface area contributed by atoms with Crippen molar-refractivity contribution in [3.8, 4) is 80.1 Å². The van der Waals surface area contributed by atoms with Crippen molar-refractivity contribution in [3.05, 3.63) is 200 Å². The van der Waals surface area contributed by atoms with Crippen LogP contribution in [0, 0.1) is 0 Å². The molecule has 1 saturated heterocycles. The van der Waals surface area contributed by atoms with Crippen LogP contribution in [0.2, 0.25) is 10.0 Å². The number of aliphatic hydroxyl groups excluding tert-OH is 1. The number of amides is 7. The number of fused-ring (bicyclic) bond motifs is 14. The number of aromatic hydroxyl groups is 5. The topological polar surface area (TPSA) is 401 Å². The molecular weight excluding hydrogens is 1380 g/mol. The van der Waals surface area contributed by atoms with Crippen LogP contribution in [-0.4, -0.2) is 128 Å². The van der Waals surface area contributed by atoms with Gasteiger partial charge >= 0.3 is 12.1 Å². The number of esters is 1. The third kappa shape index (κ3) is 14.9. The van der Waals surface area contributed by atoms with E-state index in [0.717, 1.165) is 75.5 Å². The average Bonchev–Trinajstić information content (AvgIpc) is 1.35. The molecule has 0 unspecified atom stereocenters. The van der Waals surface area contributed by atoms with Crippen molar-refractivity contribution in [2.75, 3.05) is 33.4 Å². The van der Waals surface area contributed by atoms with Crippen LogP contribution in [0.4, 0.5) is 4.79 Å². The number of hydrogen-bond donors (Lipinski definition) is 13. The number of benzene rings is 8. The number of alkyl carbamates (subject to hydrolysis) is 1. The van der Waals surface area contributed by atoms with Crippen molar-refractivity contribution in [2.24, 2.45) is 0 Å². The molecule has 103 heavy (non-hydrogen) atoms. The van der Waals surface area contributed by atoms with E-state index in [1.54, 1.807) is 30.3 Å². The summed E-state index contributed by atoms with van der Waals surface area (Å²) in [5, 5.41) is 87.5. The van der Waals surface area contributed by atoms with Gasteiger partial charge in [-0.3, -0.25) is 33.7 Å². The van der Waals surface area contributed by atoms with E-state index in [4.69, 9.17) is 51.6 Å². The van der Waals surface area contributed by atoms with E-state index in [-0.39, 0.29) is 102 Å². The van der Waals surface area contributed by atoms with Crippen LogP contribution in [0.25, 0.3) is 11.1 Å². The molecule has 0 aliphatic carbocycles.